The number of piperazine rings is 1. The van der Waals surface area contributed by atoms with E-state index in [1.807, 2.05) is 4.90 Å². The Bertz CT molecular complexity index is 1300. The van der Waals surface area contributed by atoms with Crippen LogP contribution in [0.3, 0.4) is 0 Å². The van der Waals surface area contributed by atoms with Gasteiger partial charge >= 0.3 is 0 Å². The first-order valence-electron chi connectivity index (χ1n) is 11.5. The van der Waals surface area contributed by atoms with Crippen LogP contribution in [0.1, 0.15) is 25.7 Å². The summed E-state index contributed by atoms with van der Waals surface area (Å²) in [7, 11) is 0. The number of aromatic amines is 1. The molecule has 0 bridgehead atoms. The Morgan fingerprint density at radius 3 is 2.53 bits per heavy atom. The summed E-state index contributed by atoms with van der Waals surface area (Å²) in [6.45, 7) is 3.48. The smallest absolute Gasteiger partial charge is 0.262 e. The van der Waals surface area contributed by atoms with Gasteiger partial charge in [0.1, 0.15) is 0 Å². The Hall–Kier alpha value is -3.47. The standard InChI is InChI=1S/C23H26N6O4S/c30-20(27-9-11-28(12-10-27)22-24-6-4-7-25-22)5-2-1-3-8-29-21(31)16-13-18-19(33-15-32-18)14-17(16)26-23(29)34/h4,6-7,13-14H,1-3,5,8-12,15H2,(H,26,34). The Morgan fingerprint density at radius 2 is 1.76 bits per heavy atom. The highest BCUT2D eigenvalue weighted by Gasteiger charge is 2.22. The van der Waals surface area contributed by atoms with Gasteiger partial charge in [-0.2, -0.15) is 0 Å². The van der Waals surface area contributed by atoms with Crippen molar-refractivity contribution in [2.24, 2.45) is 0 Å². The second-order valence-electron chi connectivity index (χ2n) is 8.37. The number of unbranched alkanes of at least 4 members (excludes halogenated alkanes) is 2. The van der Waals surface area contributed by atoms with Gasteiger partial charge < -0.3 is 24.3 Å². The number of hydrogen-bond donors (Lipinski definition) is 1. The van der Waals surface area contributed by atoms with E-state index < -0.39 is 0 Å². The third kappa shape index (κ3) is 4.60. The molecular formula is C23H26N6O4S. The molecule has 5 rings (SSSR count). The maximum atomic E-state index is 13.0. The number of carbonyl (C=O) groups is 1. The highest BCUT2D eigenvalue weighted by molar-refractivity contribution is 7.71. The number of ether oxygens (including phenoxy) is 2. The minimum atomic E-state index is -0.145. The van der Waals surface area contributed by atoms with Crippen LogP contribution in [0.25, 0.3) is 10.9 Å². The quantitative estimate of drug-likeness (QED) is 0.405. The highest BCUT2D eigenvalue weighted by atomic mass is 32.1. The van der Waals surface area contributed by atoms with Crippen LogP contribution in [0.4, 0.5) is 5.95 Å². The zero-order valence-electron chi connectivity index (χ0n) is 18.7. The van der Waals surface area contributed by atoms with Gasteiger partial charge in [-0.05, 0) is 37.2 Å². The average Bonchev–Trinajstić information content (AvgIpc) is 3.32. The predicted molar refractivity (Wildman–Crippen MR) is 129 cm³/mol. The summed E-state index contributed by atoms with van der Waals surface area (Å²) in [6.07, 6.45) is 6.34. The van der Waals surface area contributed by atoms with E-state index in [1.165, 1.54) is 0 Å². The molecule has 1 saturated heterocycles. The summed E-state index contributed by atoms with van der Waals surface area (Å²) in [4.78, 5) is 41.2. The second kappa shape index (κ2) is 9.80. The summed E-state index contributed by atoms with van der Waals surface area (Å²) < 4.78 is 12.7. The van der Waals surface area contributed by atoms with Crippen molar-refractivity contribution >= 4 is 35.0 Å². The van der Waals surface area contributed by atoms with Crippen molar-refractivity contribution < 1.29 is 14.3 Å². The number of carbonyl (C=O) groups excluding carboxylic acids is 1. The third-order valence-corrected chi connectivity index (χ3v) is 6.54. The number of amides is 1. The number of fused-ring (bicyclic) bond motifs is 2. The maximum Gasteiger partial charge on any atom is 0.262 e. The van der Waals surface area contributed by atoms with E-state index in [0.29, 0.717) is 59.2 Å². The molecule has 4 heterocycles. The van der Waals surface area contributed by atoms with Crippen LogP contribution in [0.5, 0.6) is 11.5 Å². The van der Waals surface area contributed by atoms with Crippen LogP contribution in [-0.4, -0.2) is 63.3 Å². The number of benzene rings is 1. The van der Waals surface area contributed by atoms with Gasteiger partial charge in [-0.1, -0.05) is 6.42 Å². The summed E-state index contributed by atoms with van der Waals surface area (Å²) in [6, 6.07) is 5.24. The molecule has 1 fully saturated rings. The lowest BCUT2D eigenvalue weighted by atomic mass is 10.1. The second-order valence-corrected chi connectivity index (χ2v) is 8.75. The largest absolute Gasteiger partial charge is 0.454 e. The molecule has 0 unspecified atom stereocenters. The van der Waals surface area contributed by atoms with Gasteiger partial charge in [0.15, 0.2) is 16.3 Å². The molecule has 3 aromatic rings. The van der Waals surface area contributed by atoms with E-state index in [9.17, 15) is 9.59 Å². The average molecular weight is 483 g/mol. The molecule has 1 amide bonds. The van der Waals surface area contributed by atoms with Crippen LogP contribution in [-0.2, 0) is 11.3 Å². The monoisotopic (exact) mass is 482 g/mol. The summed E-state index contributed by atoms with van der Waals surface area (Å²) >= 11 is 5.41. The fourth-order valence-corrected chi connectivity index (χ4v) is 4.62. The number of H-pyrrole nitrogens is 1. The van der Waals surface area contributed by atoms with Crippen molar-refractivity contribution in [3.05, 3.63) is 45.7 Å². The Kier molecular flexibility index (Phi) is 6.43. The van der Waals surface area contributed by atoms with E-state index in [2.05, 4.69) is 19.9 Å². The Labute approximate surface area is 201 Å². The van der Waals surface area contributed by atoms with Gasteiger partial charge in [0.25, 0.3) is 5.56 Å². The number of nitrogens with zero attached hydrogens (tertiary/aromatic N) is 5. The van der Waals surface area contributed by atoms with Crippen LogP contribution in [0.15, 0.2) is 35.4 Å². The number of rotatable bonds is 7. The van der Waals surface area contributed by atoms with Gasteiger partial charge in [-0.25, -0.2) is 9.97 Å². The molecule has 2 aromatic heterocycles. The number of anilines is 1. The summed E-state index contributed by atoms with van der Waals surface area (Å²) in [5.41, 5.74) is 0.494. The minimum absolute atomic E-state index is 0.145. The van der Waals surface area contributed by atoms with E-state index in [4.69, 9.17) is 21.7 Å². The van der Waals surface area contributed by atoms with E-state index in [1.54, 1.807) is 35.2 Å². The van der Waals surface area contributed by atoms with Crippen molar-refractivity contribution in [2.75, 3.05) is 37.9 Å². The van der Waals surface area contributed by atoms with Crippen LogP contribution >= 0.6 is 12.2 Å². The molecule has 0 radical (unpaired) electrons. The summed E-state index contributed by atoms with van der Waals surface area (Å²) in [5.74, 6) is 2.05. The van der Waals surface area contributed by atoms with Crippen LogP contribution < -0.4 is 19.9 Å². The van der Waals surface area contributed by atoms with Crippen molar-refractivity contribution in [3.63, 3.8) is 0 Å². The molecule has 0 atom stereocenters. The van der Waals surface area contributed by atoms with Gasteiger partial charge in [0.05, 0.1) is 10.9 Å². The molecule has 2 aliphatic rings. The Balaban J connectivity index is 1.10. The molecule has 10 nitrogen and oxygen atoms in total. The molecule has 1 N–H and O–H groups in total. The van der Waals surface area contributed by atoms with E-state index in [-0.39, 0.29) is 18.3 Å². The first-order chi connectivity index (χ1) is 16.6. The van der Waals surface area contributed by atoms with Gasteiger partial charge in [0.2, 0.25) is 18.6 Å². The van der Waals surface area contributed by atoms with Crippen molar-refractivity contribution in [1.82, 2.24) is 24.4 Å². The highest BCUT2D eigenvalue weighted by Crippen LogP contribution is 2.34. The minimum Gasteiger partial charge on any atom is -0.454 e. The molecule has 0 aliphatic carbocycles. The normalized spacial score (nSPS) is 15.2. The third-order valence-electron chi connectivity index (χ3n) is 6.21. The number of aromatic nitrogens is 4. The SMILES string of the molecule is O=C(CCCCCn1c(=S)[nH]c2cc3c(cc2c1=O)OCO3)N1CCN(c2ncccn2)CC1. The zero-order valence-corrected chi connectivity index (χ0v) is 19.6. The molecule has 0 saturated carbocycles. The van der Waals surface area contributed by atoms with Gasteiger partial charge in [-0.3, -0.25) is 14.2 Å². The zero-order chi connectivity index (χ0) is 23.5. The lowest BCUT2D eigenvalue weighted by Crippen LogP contribution is -2.49. The number of hydrogen-bond acceptors (Lipinski definition) is 8. The lowest BCUT2D eigenvalue weighted by molar-refractivity contribution is -0.131. The van der Waals surface area contributed by atoms with Gasteiger partial charge in [-0.15, -0.1) is 0 Å². The van der Waals surface area contributed by atoms with Crippen molar-refractivity contribution in [2.45, 2.75) is 32.2 Å². The number of nitrogens with one attached hydrogen (secondary N) is 1. The fraction of sp³-hybridized carbons (Fsp3) is 0.435. The first kappa shape index (κ1) is 22.3. The molecule has 34 heavy (non-hydrogen) atoms. The maximum absolute atomic E-state index is 13.0. The molecule has 1 aromatic carbocycles. The molecular weight excluding hydrogens is 456 g/mol. The van der Waals surface area contributed by atoms with Gasteiger partial charge in [0, 0.05) is 57.6 Å². The topological polar surface area (TPSA) is 106 Å². The van der Waals surface area contributed by atoms with E-state index >= 15 is 0 Å². The van der Waals surface area contributed by atoms with Crippen LogP contribution in [0.2, 0.25) is 0 Å². The predicted octanol–water partition coefficient (Wildman–Crippen LogP) is 2.49. The lowest BCUT2D eigenvalue weighted by Gasteiger charge is -2.34. The van der Waals surface area contributed by atoms with E-state index in [0.717, 1.165) is 32.4 Å². The fourth-order valence-electron chi connectivity index (χ4n) is 4.34. The molecule has 2 aliphatic heterocycles. The van der Waals surface area contributed by atoms with Crippen LogP contribution in [0, 0.1) is 4.77 Å². The molecule has 0 spiro atoms. The first-order valence-corrected chi connectivity index (χ1v) is 11.9. The Morgan fingerprint density at radius 1 is 1.03 bits per heavy atom. The molecule has 178 valence electrons. The molecule has 11 heteroatoms. The summed E-state index contributed by atoms with van der Waals surface area (Å²) in [5, 5.41) is 0.521. The van der Waals surface area contributed by atoms with Crippen molar-refractivity contribution in [1.29, 1.82) is 0 Å². The van der Waals surface area contributed by atoms with Crippen molar-refractivity contribution in [3.8, 4) is 11.5 Å².